The first-order valence-corrected chi connectivity index (χ1v) is 9.62. The number of ether oxygens (including phenoxy) is 2. The molecule has 0 aromatic heterocycles. The minimum absolute atomic E-state index is 0.121. The van der Waals surface area contributed by atoms with E-state index in [0.717, 1.165) is 31.0 Å². The van der Waals surface area contributed by atoms with Crippen molar-refractivity contribution in [1.29, 1.82) is 0 Å². The third-order valence-corrected chi connectivity index (χ3v) is 5.30. The fraction of sp³-hybridized carbons (Fsp3) is 0.650. The zero-order valence-corrected chi connectivity index (χ0v) is 16.2. The van der Waals surface area contributed by atoms with E-state index in [1.807, 2.05) is 36.1 Å². The van der Waals surface area contributed by atoms with E-state index in [1.165, 1.54) is 6.42 Å². The van der Waals surface area contributed by atoms with Gasteiger partial charge in [-0.15, -0.1) is 0 Å². The van der Waals surface area contributed by atoms with Crippen LogP contribution in [-0.4, -0.2) is 86.2 Å². The second kappa shape index (κ2) is 8.73. The van der Waals surface area contributed by atoms with Crippen LogP contribution < -0.4 is 9.47 Å². The molecule has 0 aliphatic carbocycles. The maximum atomic E-state index is 12.8. The quantitative estimate of drug-likeness (QED) is 0.772. The van der Waals surface area contributed by atoms with Crippen molar-refractivity contribution in [2.24, 2.45) is 0 Å². The first-order valence-electron chi connectivity index (χ1n) is 9.62. The predicted octanol–water partition coefficient (Wildman–Crippen LogP) is 1.70. The van der Waals surface area contributed by atoms with Gasteiger partial charge in [-0.05, 0) is 52.5 Å². The molecule has 0 N–H and O–H groups in total. The Labute approximate surface area is 156 Å². The second-order valence-corrected chi connectivity index (χ2v) is 7.42. The molecule has 1 saturated heterocycles. The van der Waals surface area contributed by atoms with Crippen LogP contribution in [0.25, 0.3) is 0 Å². The van der Waals surface area contributed by atoms with E-state index < -0.39 is 0 Å². The number of hydrogen-bond acceptors (Lipinski definition) is 5. The minimum atomic E-state index is -0.121. The van der Waals surface area contributed by atoms with E-state index in [4.69, 9.17) is 9.47 Å². The molecule has 2 heterocycles. The van der Waals surface area contributed by atoms with Gasteiger partial charge in [0.05, 0.1) is 13.1 Å². The van der Waals surface area contributed by atoms with Crippen molar-refractivity contribution in [3.8, 4) is 11.5 Å². The number of likely N-dealkylation sites (tertiary alicyclic amines) is 1. The van der Waals surface area contributed by atoms with Crippen molar-refractivity contribution in [2.45, 2.75) is 31.9 Å². The normalized spacial score (nSPS) is 23.1. The highest BCUT2D eigenvalue weighted by molar-refractivity contribution is 5.78. The van der Waals surface area contributed by atoms with Gasteiger partial charge in [-0.2, -0.15) is 0 Å². The third kappa shape index (κ3) is 4.68. The Morgan fingerprint density at radius 1 is 1.27 bits per heavy atom. The lowest BCUT2D eigenvalue weighted by molar-refractivity contribution is -0.134. The van der Waals surface area contributed by atoms with Crippen molar-refractivity contribution in [3.63, 3.8) is 0 Å². The molecular formula is C20H31N3O3. The van der Waals surface area contributed by atoms with Crippen molar-refractivity contribution in [2.75, 3.05) is 53.4 Å². The van der Waals surface area contributed by atoms with E-state index in [0.29, 0.717) is 32.3 Å². The molecule has 2 aliphatic heterocycles. The number of piperidine rings is 1. The Kier molecular flexibility index (Phi) is 6.38. The molecular weight excluding hydrogens is 330 g/mol. The van der Waals surface area contributed by atoms with Gasteiger partial charge in [-0.1, -0.05) is 12.1 Å². The average Bonchev–Trinajstić information content (AvgIpc) is 2.66. The summed E-state index contributed by atoms with van der Waals surface area (Å²) in [6.07, 6.45) is 2.24. The smallest absolute Gasteiger partial charge is 0.236 e. The molecule has 0 spiro atoms. The molecule has 6 nitrogen and oxygen atoms in total. The summed E-state index contributed by atoms with van der Waals surface area (Å²) in [5.41, 5.74) is 0. The first-order chi connectivity index (χ1) is 12.6. The molecule has 0 saturated carbocycles. The van der Waals surface area contributed by atoms with Gasteiger partial charge in [0.15, 0.2) is 17.6 Å². The van der Waals surface area contributed by atoms with Gasteiger partial charge >= 0.3 is 0 Å². The highest BCUT2D eigenvalue weighted by atomic mass is 16.6. The summed E-state index contributed by atoms with van der Waals surface area (Å²) in [6, 6.07) is 8.23. The molecule has 2 atom stereocenters. The van der Waals surface area contributed by atoms with E-state index in [9.17, 15) is 4.79 Å². The predicted molar refractivity (Wildman–Crippen MR) is 102 cm³/mol. The summed E-state index contributed by atoms with van der Waals surface area (Å²) in [7, 11) is 4.24. The number of carbonyl (C=O) groups is 1. The van der Waals surface area contributed by atoms with E-state index in [-0.39, 0.29) is 12.0 Å². The van der Waals surface area contributed by atoms with Crippen LogP contribution in [0.4, 0.5) is 0 Å². The number of hydrogen-bond donors (Lipinski definition) is 0. The minimum Gasteiger partial charge on any atom is -0.486 e. The van der Waals surface area contributed by atoms with Crippen LogP contribution in [0.1, 0.15) is 19.8 Å². The largest absolute Gasteiger partial charge is 0.486 e. The highest BCUT2D eigenvalue weighted by Crippen LogP contribution is 2.31. The van der Waals surface area contributed by atoms with Crippen LogP contribution in [0, 0.1) is 0 Å². The van der Waals surface area contributed by atoms with Gasteiger partial charge in [0.25, 0.3) is 0 Å². The van der Waals surface area contributed by atoms with Gasteiger partial charge in [0.2, 0.25) is 5.91 Å². The number of rotatable bonds is 6. The molecule has 1 amide bonds. The number of likely N-dealkylation sites (N-methyl/N-ethyl adjacent to an activating group) is 2. The van der Waals surface area contributed by atoms with E-state index >= 15 is 0 Å². The molecule has 1 aromatic rings. The van der Waals surface area contributed by atoms with Crippen LogP contribution in [0.15, 0.2) is 24.3 Å². The maximum Gasteiger partial charge on any atom is 0.236 e. The summed E-state index contributed by atoms with van der Waals surface area (Å²) >= 11 is 0. The van der Waals surface area contributed by atoms with Gasteiger partial charge in [-0.25, -0.2) is 0 Å². The molecule has 2 aliphatic rings. The molecule has 1 aromatic carbocycles. The maximum absolute atomic E-state index is 12.8. The van der Waals surface area contributed by atoms with Gasteiger partial charge in [-0.3, -0.25) is 9.69 Å². The highest BCUT2D eigenvalue weighted by Gasteiger charge is 2.27. The SMILES string of the molecule is CCN(CC1COc2ccccc2O1)C(=O)CN1CCCC(N(C)C)C1. The topological polar surface area (TPSA) is 45.3 Å². The second-order valence-electron chi connectivity index (χ2n) is 7.42. The standard InChI is InChI=1S/C20H31N3O3/c1-4-23(13-17-15-25-18-9-5-6-10-19(18)26-17)20(24)14-22-11-7-8-16(12-22)21(2)3/h5-6,9-10,16-17H,4,7-8,11-15H2,1-3H3. The monoisotopic (exact) mass is 361 g/mol. The van der Waals surface area contributed by atoms with Crippen molar-refractivity contribution in [1.82, 2.24) is 14.7 Å². The lowest BCUT2D eigenvalue weighted by Gasteiger charge is -2.37. The van der Waals surface area contributed by atoms with Crippen LogP contribution in [0.2, 0.25) is 0 Å². The Bertz CT molecular complexity index is 608. The number of para-hydroxylation sites is 2. The fourth-order valence-corrected chi connectivity index (χ4v) is 3.69. The Morgan fingerprint density at radius 3 is 2.77 bits per heavy atom. The molecule has 6 heteroatoms. The summed E-state index contributed by atoms with van der Waals surface area (Å²) in [6.45, 7) is 6.21. The molecule has 0 radical (unpaired) electrons. The summed E-state index contributed by atoms with van der Waals surface area (Å²) in [5.74, 6) is 1.72. The summed E-state index contributed by atoms with van der Waals surface area (Å²) in [5, 5.41) is 0. The van der Waals surface area contributed by atoms with Crippen LogP contribution in [0.5, 0.6) is 11.5 Å². The van der Waals surface area contributed by atoms with Crippen molar-refractivity contribution < 1.29 is 14.3 Å². The van der Waals surface area contributed by atoms with Crippen molar-refractivity contribution in [3.05, 3.63) is 24.3 Å². The molecule has 26 heavy (non-hydrogen) atoms. The molecule has 1 fully saturated rings. The first kappa shape index (κ1) is 19.0. The van der Waals surface area contributed by atoms with Gasteiger partial charge in [0.1, 0.15) is 6.61 Å². The van der Waals surface area contributed by atoms with Crippen LogP contribution in [0.3, 0.4) is 0 Å². The average molecular weight is 361 g/mol. The Balaban J connectivity index is 1.53. The number of nitrogens with zero attached hydrogens (tertiary/aromatic N) is 3. The summed E-state index contributed by atoms with van der Waals surface area (Å²) in [4.78, 5) is 19.2. The molecule has 3 rings (SSSR count). The molecule has 2 unspecified atom stereocenters. The molecule has 0 bridgehead atoms. The van der Waals surface area contributed by atoms with Crippen LogP contribution in [-0.2, 0) is 4.79 Å². The van der Waals surface area contributed by atoms with E-state index in [2.05, 4.69) is 23.9 Å². The fourth-order valence-electron chi connectivity index (χ4n) is 3.69. The summed E-state index contributed by atoms with van der Waals surface area (Å²) < 4.78 is 11.8. The number of amides is 1. The number of benzene rings is 1. The lowest BCUT2D eigenvalue weighted by atomic mass is 10.0. The van der Waals surface area contributed by atoms with Crippen LogP contribution >= 0.6 is 0 Å². The number of fused-ring (bicyclic) bond motifs is 1. The van der Waals surface area contributed by atoms with Crippen molar-refractivity contribution >= 4 is 5.91 Å². The lowest BCUT2D eigenvalue weighted by Crippen LogP contribution is -2.51. The zero-order valence-electron chi connectivity index (χ0n) is 16.2. The van der Waals surface area contributed by atoms with Gasteiger partial charge in [0, 0.05) is 19.1 Å². The Morgan fingerprint density at radius 2 is 2.04 bits per heavy atom. The third-order valence-electron chi connectivity index (χ3n) is 5.30. The van der Waals surface area contributed by atoms with E-state index in [1.54, 1.807) is 0 Å². The van der Waals surface area contributed by atoms with Gasteiger partial charge < -0.3 is 19.3 Å². The molecule has 144 valence electrons. The zero-order chi connectivity index (χ0) is 18.5. The Hall–Kier alpha value is -1.79. The number of carbonyl (C=O) groups excluding carboxylic acids is 1.